The monoisotopic (exact) mass is 331 g/mol. The first-order valence-corrected chi connectivity index (χ1v) is 6.83. The van der Waals surface area contributed by atoms with E-state index in [1.807, 2.05) is 0 Å². The number of carbonyl (C=O) groups excluding carboxylic acids is 1. The number of aryl methyl sites for hydroxylation is 1. The molecule has 22 heavy (non-hydrogen) atoms. The molecule has 7 nitrogen and oxygen atoms in total. The molecule has 0 saturated carbocycles. The number of nitrogens with zero attached hydrogens (tertiary/aromatic N) is 1. The van der Waals surface area contributed by atoms with Crippen LogP contribution in [0.1, 0.15) is 12.0 Å². The number of carbonyl (C=O) groups is 1. The van der Waals surface area contributed by atoms with E-state index in [0.717, 1.165) is 12.1 Å². The van der Waals surface area contributed by atoms with Crippen molar-refractivity contribution in [2.45, 2.75) is 12.8 Å². The van der Waals surface area contributed by atoms with Crippen LogP contribution in [0.2, 0.25) is 0 Å². The van der Waals surface area contributed by atoms with Crippen LogP contribution in [-0.2, 0) is 16.0 Å². The first-order valence-electron chi connectivity index (χ1n) is 6.83. The normalized spacial score (nSPS) is 9.86. The number of amides is 1. The van der Waals surface area contributed by atoms with Crippen LogP contribution in [0.25, 0.3) is 0 Å². The molecular weight excluding hydrogens is 310 g/mol. The number of ether oxygens (including phenoxy) is 1. The second-order valence-electron chi connectivity index (χ2n) is 4.52. The van der Waals surface area contributed by atoms with Gasteiger partial charge in [0.1, 0.15) is 0 Å². The van der Waals surface area contributed by atoms with E-state index in [-0.39, 0.29) is 24.0 Å². The van der Waals surface area contributed by atoms with Gasteiger partial charge in [0.15, 0.2) is 0 Å². The topological polar surface area (TPSA) is 93.5 Å². The summed E-state index contributed by atoms with van der Waals surface area (Å²) in [5, 5.41) is 16.6. The predicted octanol–water partition coefficient (Wildman–Crippen LogP) is 1.30. The number of non-ortho nitro benzene ring substituents is 1. The van der Waals surface area contributed by atoms with Crippen molar-refractivity contribution < 1.29 is 14.5 Å². The average Bonchev–Trinajstić information content (AvgIpc) is 2.49. The summed E-state index contributed by atoms with van der Waals surface area (Å²) < 4.78 is 4.89. The molecule has 124 valence electrons. The molecule has 1 amide bonds. The molecule has 0 aliphatic carbocycles. The maximum Gasteiger partial charge on any atom is 0.269 e. The highest BCUT2D eigenvalue weighted by molar-refractivity contribution is 5.85. The number of halogens is 1. The average molecular weight is 332 g/mol. The van der Waals surface area contributed by atoms with E-state index in [9.17, 15) is 14.9 Å². The molecular formula is C14H22ClN3O4. The van der Waals surface area contributed by atoms with Gasteiger partial charge in [-0.15, -0.1) is 12.4 Å². The third kappa shape index (κ3) is 8.56. The van der Waals surface area contributed by atoms with Gasteiger partial charge in [-0.1, -0.05) is 12.1 Å². The van der Waals surface area contributed by atoms with E-state index < -0.39 is 4.92 Å². The van der Waals surface area contributed by atoms with Gasteiger partial charge in [-0.2, -0.15) is 0 Å². The number of hydrogen-bond acceptors (Lipinski definition) is 5. The molecule has 2 N–H and O–H groups in total. The third-order valence-electron chi connectivity index (χ3n) is 2.87. The number of nitrogens with one attached hydrogen (secondary N) is 2. The fourth-order valence-electron chi connectivity index (χ4n) is 1.76. The van der Waals surface area contributed by atoms with E-state index in [2.05, 4.69) is 10.6 Å². The molecule has 0 fully saturated rings. The summed E-state index contributed by atoms with van der Waals surface area (Å²) in [5.41, 5.74) is 0.841. The maximum absolute atomic E-state index is 11.6. The third-order valence-corrected chi connectivity index (χ3v) is 2.87. The van der Waals surface area contributed by atoms with Gasteiger partial charge in [-0.3, -0.25) is 14.9 Å². The molecule has 0 heterocycles. The van der Waals surface area contributed by atoms with Crippen molar-refractivity contribution in [2.75, 3.05) is 33.4 Å². The quantitative estimate of drug-likeness (QED) is 0.383. The molecule has 0 saturated heterocycles. The Morgan fingerprint density at radius 2 is 2.09 bits per heavy atom. The Kier molecular flexibility index (Phi) is 11.0. The zero-order valence-corrected chi connectivity index (χ0v) is 13.4. The summed E-state index contributed by atoms with van der Waals surface area (Å²) in [6.07, 6.45) is 0.809. The van der Waals surface area contributed by atoms with Crippen molar-refractivity contribution >= 4 is 24.0 Å². The second-order valence-corrected chi connectivity index (χ2v) is 4.52. The number of hydrogen-bond donors (Lipinski definition) is 2. The molecule has 0 aliphatic heterocycles. The fourth-order valence-corrected chi connectivity index (χ4v) is 1.76. The first-order chi connectivity index (χ1) is 10.1. The molecule has 0 radical (unpaired) electrons. The number of rotatable bonds is 10. The smallest absolute Gasteiger partial charge is 0.269 e. The summed E-state index contributed by atoms with van der Waals surface area (Å²) in [5.74, 6) is -0.0601. The minimum Gasteiger partial charge on any atom is -0.383 e. The van der Waals surface area contributed by atoms with Gasteiger partial charge >= 0.3 is 0 Å². The summed E-state index contributed by atoms with van der Waals surface area (Å²) in [6, 6.07) is 6.35. The Morgan fingerprint density at radius 1 is 1.32 bits per heavy atom. The standard InChI is InChI=1S/C14H21N3O4.ClH/c1-21-10-9-15-7-8-16-14(18)6-5-12-3-2-4-13(11-12)17(19)20;/h2-4,11,15H,5-10H2,1H3,(H,16,18);1H. The van der Waals surface area contributed by atoms with Gasteiger partial charge in [0.2, 0.25) is 5.91 Å². The lowest BCUT2D eigenvalue weighted by Gasteiger charge is -2.06. The van der Waals surface area contributed by atoms with Gasteiger partial charge in [-0.25, -0.2) is 0 Å². The van der Waals surface area contributed by atoms with Crippen molar-refractivity contribution in [2.24, 2.45) is 0 Å². The van der Waals surface area contributed by atoms with Crippen LogP contribution >= 0.6 is 12.4 Å². The Bertz CT molecular complexity index is 471. The molecule has 0 spiro atoms. The van der Waals surface area contributed by atoms with Gasteiger partial charge in [-0.05, 0) is 12.0 Å². The van der Waals surface area contributed by atoms with E-state index in [1.54, 1.807) is 19.2 Å². The van der Waals surface area contributed by atoms with E-state index in [1.165, 1.54) is 12.1 Å². The van der Waals surface area contributed by atoms with E-state index in [4.69, 9.17) is 4.74 Å². The highest BCUT2D eigenvalue weighted by Gasteiger charge is 2.07. The van der Waals surface area contributed by atoms with Crippen LogP contribution in [0, 0.1) is 10.1 Å². The van der Waals surface area contributed by atoms with Gasteiger partial charge in [0.25, 0.3) is 5.69 Å². The van der Waals surface area contributed by atoms with Crippen LogP contribution in [-0.4, -0.2) is 44.2 Å². The molecule has 1 aromatic rings. The lowest BCUT2D eigenvalue weighted by molar-refractivity contribution is -0.384. The van der Waals surface area contributed by atoms with E-state index >= 15 is 0 Å². The van der Waals surface area contributed by atoms with Gasteiger partial charge in [0, 0.05) is 45.3 Å². The minimum absolute atomic E-state index is 0. The minimum atomic E-state index is -0.435. The fraction of sp³-hybridized carbons (Fsp3) is 0.500. The second kappa shape index (κ2) is 11.9. The molecule has 0 bridgehead atoms. The number of methoxy groups -OCH3 is 1. The summed E-state index contributed by atoms with van der Waals surface area (Å²) in [7, 11) is 1.64. The molecule has 8 heteroatoms. The number of benzene rings is 1. The predicted molar refractivity (Wildman–Crippen MR) is 86.4 cm³/mol. The Morgan fingerprint density at radius 3 is 2.77 bits per heavy atom. The Balaban J connectivity index is 0.00000441. The van der Waals surface area contributed by atoms with Crippen LogP contribution in [0.5, 0.6) is 0 Å². The summed E-state index contributed by atoms with van der Waals surface area (Å²) in [4.78, 5) is 21.8. The highest BCUT2D eigenvalue weighted by atomic mass is 35.5. The van der Waals surface area contributed by atoms with Crippen molar-refractivity contribution in [3.63, 3.8) is 0 Å². The van der Waals surface area contributed by atoms with Crippen molar-refractivity contribution in [3.05, 3.63) is 39.9 Å². The van der Waals surface area contributed by atoms with Crippen LogP contribution in [0.15, 0.2) is 24.3 Å². The maximum atomic E-state index is 11.6. The van der Waals surface area contributed by atoms with Crippen molar-refractivity contribution in [3.8, 4) is 0 Å². The van der Waals surface area contributed by atoms with Gasteiger partial charge < -0.3 is 15.4 Å². The van der Waals surface area contributed by atoms with Crippen molar-refractivity contribution in [1.82, 2.24) is 10.6 Å². The molecule has 0 atom stereocenters. The largest absolute Gasteiger partial charge is 0.383 e. The van der Waals surface area contributed by atoms with Gasteiger partial charge in [0.05, 0.1) is 11.5 Å². The molecule has 1 aromatic carbocycles. The molecule has 1 rings (SSSR count). The lowest BCUT2D eigenvalue weighted by Crippen LogP contribution is -2.33. The first kappa shape index (κ1) is 20.3. The number of nitro groups is 1. The lowest BCUT2D eigenvalue weighted by atomic mass is 10.1. The summed E-state index contributed by atoms with van der Waals surface area (Å²) >= 11 is 0. The van der Waals surface area contributed by atoms with E-state index in [0.29, 0.717) is 32.5 Å². The Hall–Kier alpha value is -1.70. The summed E-state index contributed by atoms with van der Waals surface area (Å²) in [6.45, 7) is 2.63. The zero-order valence-electron chi connectivity index (χ0n) is 12.5. The molecule has 0 aromatic heterocycles. The molecule has 0 aliphatic rings. The zero-order chi connectivity index (χ0) is 15.5. The van der Waals surface area contributed by atoms with Crippen molar-refractivity contribution in [1.29, 1.82) is 0 Å². The SMILES string of the molecule is COCCNCCNC(=O)CCc1cccc([N+](=O)[O-])c1.Cl. The van der Waals surface area contributed by atoms with Crippen LogP contribution in [0.4, 0.5) is 5.69 Å². The molecule has 0 unspecified atom stereocenters. The van der Waals surface area contributed by atoms with Crippen LogP contribution < -0.4 is 10.6 Å². The van der Waals surface area contributed by atoms with Crippen LogP contribution in [0.3, 0.4) is 0 Å². The highest BCUT2D eigenvalue weighted by Crippen LogP contribution is 2.14. The Labute approximate surface area is 136 Å². The number of nitro benzene ring substituents is 1.